The minimum absolute atomic E-state index is 0. The fourth-order valence-electron chi connectivity index (χ4n) is 2.79. The van der Waals surface area contributed by atoms with Crippen molar-refractivity contribution in [3.63, 3.8) is 0 Å². The van der Waals surface area contributed by atoms with Gasteiger partial charge in [-0.3, -0.25) is 14.5 Å². The van der Waals surface area contributed by atoms with Crippen LogP contribution in [0.1, 0.15) is 45.2 Å². The average molecular weight is 369 g/mol. The molecule has 0 saturated carbocycles. The lowest BCUT2D eigenvalue weighted by Crippen LogP contribution is -3.00. The van der Waals surface area contributed by atoms with Gasteiger partial charge in [-0.15, -0.1) is 11.3 Å². The molecule has 0 aliphatic carbocycles. The third-order valence-electron chi connectivity index (χ3n) is 4.04. The molecule has 3 heterocycles. The second-order valence-electron chi connectivity index (χ2n) is 5.82. The van der Waals surface area contributed by atoms with E-state index < -0.39 is 5.91 Å². The van der Waals surface area contributed by atoms with Gasteiger partial charge in [0.05, 0.1) is 11.8 Å². The maximum Gasteiger partial charge on any atom is 0.291 e. The molecule has 3 N–H and O–H groups in total. The predicted octanol–water partition coefficient (Wildman–Crippen LogP) is -0.537. The van der Waals surface area contributed by atoms with Crippen molar-refractivity contribution in [1.29, 1.82) is 0 Å². The molecule has 0 spiro atoms. The Balaban J connectivity index is 0.00000208. The van der Waals surface area contributed by atoms with Crippen molar-refractivity contribution < 1.29 is 26.4 Å². The molecule has 1 aliphatic rings. The van der Waals surface area contributed by atoms with E-state index in [1.165, 1.54) is 17.6 Å². The molecule has 3 rings (SSSR count). The van der Waals surface area contributed by atoms with Crippen LogP contribution in [0.5, 0.6) is 0 Å². The van der Waals surface area contributed by atoms with E-state index in [1.807, 2.05) is 0 Å². The minimum atomic E-state index is -0.504. The molecule has 0 atom stereocenters. The standard InChI is InChI=1S/C16H19N3O3S.ClH/c1-9(2)19-6-5-10-12(8-19)23-16(13(10)14(17)20)18-15(21)11-4-3-7-22-11;/h3-4,7,9H,5-6,8H2,1-2H3,(H2,17,20)(H,18,21);1H/p-1. The Hall–Kier alpha value is -1.83. The minimum Gasteiger partial charge on any atom is -1.00 e. The number of anilines is 1. The molecule has 2 aromatic rings. The van der Waals surface area contributed by atoms with Gasteiger partial charge >= 0.3 is 0 Å². The maximum atomic E-state index is 12.2. The van der Waals surface area contributed by atoms with Gasteiger partial charge in [-0.05, 0) is 38.0 Å². The van der Waals surface area contributed by atoms with Gasteiger partial charge in [0.25, 0.3) is 11.8 Å². The molecule has 0 radical (unpaired) electrons. The zero-order valence-corrected chi connectivity index (χ0v) is 15.0. The quantitative estimate of drug-likeness (QED) is 0.759. The van der Waals surface area contributed by atoms with Crippen LogP contribution in [0, 0.1) is 0 Å². The molecule has 6 nitrogen and oxygen atoms in total. The smallest absolute Gasteiger partial charge is 0.291 e. The summed E-state index contributed by atoms with van der Waals surface area (Å²) in [5.74, 6) is -0.678. The lowest BCUT2D eigenvalue weighted by atomic mass is 10.0. The van der Waals surface area contributed by atoms with E-state index in [1.54, 1.807) is 12.1 Å². The largest absolute Gasteiger partial charge is 1.00 e. The number of carbonyl (C=O) groups is 2. The van der Waals surface area contributed by atoms with E-state index in [0.717, 1.165) is 30.0 Å². The summed E-state index contributed by atoms with van der Waals surface area (Å²) < 4.78 is 5.09. The number of hydrogen-bond acceptors (Lipinski definition) is 5. The van der Waals surface area contributed by atoms with Crippen molar-refractivity contribution in [2.24, 2.45) is 5.73 Å². The molecule has 0 unspecified atom stereocenters. The highest BCUT2D eigenvalue weighted by molar-refractivity contribution is 7.17. The Kier molecular flexibility index (Phi) is 5.69. The molecular weight excluding hydrogens is 350 g/mol. The number of halogens is 1. The van der Waals surface area contributed by atoms with Crippen LogP contribution in [0.3, 0.4) is 0 Å². The molecule has 2 amide bonds. The number of nitrogens with zero attached hydrogens (tertiary/aromatic N) is 1. The highest BCUT2D eigenvalue weighted by Crippen LogP contribution is 2.37. The van der Waals surface area contributed by atoms with Crippen LogP contribution in [-0.4, -0.2) is 29.3 Å². The monoisotopic (exact) mass is 368 g/mol. The Bertz CT molecular complexity index is 740. The fraction of sp³-hybridized carbons (Fsp3) is 0.375. The van der Waals surface area contributed by atoms with Gasteiger partial charge in [0.15, 0.2) is 5.76 Å². The summed E-state index contributed by atoms with van der Waals surface area (Å²) in [6.45, 7) is 5.95. The summed E-state index contributed by atoms with van der Waals surface area (Å²) in [5, 5.41) is 3.27. The number of carbonyl (C=O) groups excluding carboxylic acids is 2. The van der Waals surface area contributed by atoms with Gasteiger partial charge in [0.2, 0.25) is 0 Å². The van der Waals surface area contributed by atoms with Gasteiger partial charge in [-0.2, -0.15) is 0 Å². The molecule has 130 valence electrons. The molecule has 0 aromatic carbocycles. The molecule has 24 heavy (non-hydrogen) atoms. The predicted molar refractivity (Wildman–Crippen MR) is 88.7 cm³/mol. The average Bonchev–Trinajstić information content (AvgIpc) is 3.13. The van der Waals surface area contributed by atoms with E-state index >= 15 is 0 Å². The Morgan fingerprint density at radius 3 is 2.75 bits per heavy atom. The number of nitrogens with one attached hydrogen (secondary N) is 1. The van der Waals surface area contributed by atoms with Crippen LogP contribution in [0.15, 0.2) is 22.8 Å². The van der Waals surface area contributed by atoms with Crippen LogP contribution < -0.4 is 23.5 Å². The highest BCUT2D eigenvalue weighted by Gasteiger charge is 2.28. The normalized spacial score (nSPS) is 14.1. The summed E-state index contributed by atoms with van der Waals surface area (Å²) in [4.78, 5) is 27.5. The third-order valence-corrected chi connectivity index (χ3v) is 5.17. The van der Waals surface area contributed by atoms with Crippen molar-refractivity contribution in [3.05, 3.63) is 40.2 Å². The Morgan fingerprint density at radius 2 is 2.17 bits per heavy atom. The zero-order valence-electron chi connectivity index (χ0n) is 13.5. The van der Waals surface area contributed by atoms with E-state index in [2.05, 4.69) is 24.1 Å². The SMILES string of the molecule is CC(C)N1CCc2c(sc(NC(=O)c3ccco3)c2C(N)=O)C1.[Cl-]. The van der Waals surface area contributed by atoms with Crippen molar-refractivity contribution in [3.8, 4) is 0 Å². The summed E-state index contributed by atoms with van der Waals surface area (Å²) in [5.41, 5.74) is 6.96. The summed E-state index contributed by atoms with van der Waals surface area (Å²) in [6, 6.07) is 3.65. The molecular formula is C16H19ClN3O3S-. The van der Waals surface area contributed by atoms with Crippen molar-refractivity contribution >= 4 is 28.2 Å². The number of amides is 2. The van der Waals surface area contributed by atoms with E-state index in [9.17, 15) is 9.59 Å². The third kappa shape index (κ3) is 3.48. The number of primary amides is 1. The summed E-state index contributed by atoms with van der Waals surface area (Å²) in [7, 11) is 0. The van der Waals surface area contributed by atoms with Crippen LogP contribution in [0.25, 0.3) is 0 Å². The van der Waals surface area contributed by atoms with Crippen LogP contribution >= 0.6 is 11.3 Å². The molecule has 8 heteroatoms. The van der Waals surface area contributed by atoms with Crippen LogP contribution in [-0.2, 0) is 13.0 Å². The van der Waals surface area contributed by atoms with Crippen molar-refractivity contribution in [2.75, 3.05) is 11.9 Å². The first-order valence-electron chi connectivity index (χ1n) is 7.50. The van der Waals surface area contributed by atoms with Crippen LogP contribution in [0.4, 0.5) is 5.00 Å². The first-order valence-corrected chi connectivity index (χ1v) is 8.32. The van der Waals surface area contributed by atoms with Gasteiger partial charge in [0, 0.05) is 24.0 Å². The van der Waals surface area contributed by atoms with E-state index in [4.69, 9.17) is 10.2 Å². The lowest BCUT2D eigenvalue weighted by Gasteiger charge is -2.30. The Labute approximate surface area is 150 Å². The molecule has 0 saturated heterocycles. The Morgan fingerprint density at radius 1 is 1.42 bits per heavy atom. The van der Waals surface area contributed by atoms with E-state index in [-0.39, 0.29) is 24.1 Å². The van der Waals surface area contributed by atoms with Crippen LogP contribution in [0.2, 0.25) is 0 Å². The van der Waals surface area contributed by atoms with Crippen molar-refractivity contribution in [2.45, 2.75) is 32.9 Å². The number of furan rings is 1. The number of thiophene rings is 1. The topological polar surface area (TPSA) is 88.6 Å². The summed E-state index contributed by atoms with van der Waals surface area (Å²) >= 11 is 1.42. The van der Waals surface area contributed by atoms with E-state index in [0.29, 0.717) is 16.6 Å². The molecule has 0 bridgehead atoms. The fourth-order valence-corrected chi connectivity index (χ4v) is 4.06. The summed E-state index contributed by atoms with van der Waals surface area (Å²) in [6.07, 6.45) is 2.20. The first kappa shape index (κ1) is 18.5. The zero-order chi connectivity index (χ0) is 16.6. The maximum absolute atomic E-state index is 12.2. The second kappa shape index (κ2) is 7.38. The lowest BCUT2D eigenvalue weighted by molar-refractivity contribution is -0.0000209. The number of rotatable bonds is 4. The molecule has 2 aromatic heterocycles. The molecule has 1 aliphatic heterocycles. The van der Waals surface area contributed by atoms with Crippen molar-refractivity contribution in [1.82, 2.24) is 4.90 Å². The highest BCUT2D eigenvalue weighted by atomic mass is 35.5. The second-order valence-corrected chi connectivity index (χ2v) is 6.92. The number of fused-ring (bicyclic) bond motifs is 1. The van der Waals surface area contributed by atoms with Gasteiger partial charge < -0.3 is 27.9 Å². The van der Waals surface area contributed by atoms with Gasteiger partial charge in [-0.25, -0.2) is 0 Å². The van der Waals surface area contributed by atoms with Gasteiger partial charge in [-0.1, -0.05) is 0 Å². The number of nitrogens with two attached hydrogens (primary N) is 1. The number of hydrogen-bond donors (Lipinski definition) is 2. The molecule has 0 fully saturated rings. The van der Waals surface area contributed by atoms with Gasteiger partial charge in [0.1, 0.15) is 5.00 Å². The first-order chi connectivity index (χ1) is 11.0.